The second kappa shape index (κ2) is 23.0. The van der Waals surface area contributed by atoms with Crippen molar-refractivity contribution >= 4 is 86.2 Å². The summed E-state index contributed by atoms with van der Waals surface area (Å²) in [5.41, 5.74) is 1.27. The Morgan fingerprint density at radius 2 is 0.728 bits per heavy atom. The zero-order chi connectivity index (χ0) is 56.1. The van der Waals surface area contributed by atoms with Gasteiger partial charge in [0.05, 0.1) is 30.5 Å². The van der Waals surface area contributed by atoms with Crippen molar-refractivity contribution in [1.82, 2.24) is 13.7 Å². The second-order valence-corrected chi connectivity index (χ2v) is 23.5. The van der Waals surface area contributed by atoms with Gasteiger partial charge in [-0.05, 0) is 110 Å². The Bertz CT molecular complexity index is 4170. The molecule has 11 heteroatoms. The highest BCUT2D eigenvalue weighted by Crippen LogP contribution is 2.50. The highest BCUT2D eigenvalue weighted by Gasteiger charge is 2.32. The molecule has 1 fully saturated rings. The maximum absolute atomic E-state index is 15.6. The smallest absolute Gasteiger partial charge is 0.262 e. The molecule has 11 nitrogen and oxygen atoms in total. The van der Waals surface area contributed by atoms with Crippen LogP contribution in [0.25, 0.3) is 97.3 Å². The van der Waals surface area contributed by atoms with Gasteiger partial charge >= 0.3 is 0 Å². The standard InChI is InChI=1S/C70H75N3O8/c1-5-9-13-17-21-46(22-18-14-10-6-2)72-64(74)50-35-33-48-49-34-36-51-57-55(67(77)73(65(51)75)47(23-19-15-11-7-3)24-20-16-12-8-4)40-53-61(59(49)57)60-52(39-54(66(72)76)56(50)58(48)60)62-63(53)69(79)71(68(62)78)41-42-25-27-43(28-26-42)44-29-31-45(32-30-44)70-80-37-38-81-70/h25-36,39-40,46-47,70H,5-24,37-38,41H2,1-4H3. The molecule has 8 aromatic carbocycles. The fraction of sp³-hybridized carbons (Fsp3) is 0.429. The van der Waals surface area contributed by atoms with Gasteiger partial charge in [-0.2, -0.15) is 0 Å². The molecule has 0 radical (unpaired) electrons. The van der Waals surface area contributed by atoms with Crippen molar-refractivity contribution in [2.24, 2.45) is 0 Å². The Hall–Kier alpha value is -7.08. The third kappa shape index (κ3) is 9.36. The minimum atomic E-state index is -0.492. The van der Waals surface area contributed by atoms with Gasteiger partial charge in [0.2, 0.25) is 0 Å². The summed E-state index contributed by atoms with van der Waals surface area (Å²) < 4.78 is 15.7. The van der Waals surface area contributed by atoms with Gasteiger partial charge in [0.15, 0.2) is 6.29 Å². The largest absolute Gasteiger partial charge is 0.346 e. The van der Waals surface area contributed by atoms with Gasteiger partial charge in [0.25, 0.3) is 33.4 Å². The number of pyridine rings is 2. The first-order valence-corrected chi connectivity index (χ1v) is 30.7. The van der Waals surface area contributed by atoms with E-state index in [-0.39, 0.29) is 57.9 Å². The van der Waals surface area contributed by atoms with Crippen LogP contribution >= 0.6 is 0 Å². The van der Waals surface area contributed by atoms with E-state index in [1.165, 1.54) is 13.7 Å². The summed E-state index contributed by atoms with van der Waals surface area (Å²) in [6, 6.07) is 26.5. The van der Waals surface area contributed by atoms with Crippen molar-refractivity contribution in [3.8, 4) is 11.1 Å². The number of unbranched alkanes of at least 4 members (excludes halogenated alkanes) is 12. The van der Waals surface area contributed by atoms with E-state index in [9.17, 15) is 0 Å². The van der Waals surface area contributed by atoms with Crippen molar-refractivity contribution in [3.63, 3.8) is 0 Å². The van der Waals surface area contributed by atoms with E-state index in [1.54, 1.807) is 12.1 Å². The van der Waals surface area contributed by atoms with Crippen LogP contribution in [0.1, 0.15) is 186 Å². The minimum Gasteiger partial charge on any atom is -0.346 e. The molecule has 0 aliphatic carbocycles. The molecule has 81 heavy (non-hydrogen) atoms. The summed E-state index contributed by atoms with van der Waals surface area (Å²) in [6.07, 6.45) is 18.7. The molecule has 11 aromatic rings. The number of benzene rings is 8. The number of ether oxygens (including phenoxy) is 2. The number of rotatable bonds is 26. The topological polar surface area (TPSA) is 136 Å². The monoisotopic (exact) mass is 1090 g/mol. The first kappa shape index (κ1) is 54.5. The highest BCUT2D eigenvalue weighted by atomic mass is 16.7. The lowest BCUT2D eigenvalue weighted by molar-refractivity contribution is -0.0441. The molecule has 1 saturated heterocycles. The van der Waals surface area contributed by atoms with E-state index in [2.05, 4.69) is 27.7 Å². The van der Waals surface area contributed by atoms with Gasteiger partial charge in [0, 0.05) is 50.0 Å². The van der Waals surface area contributed by atoms with Crippen LogP contribution in [0.2, 0.25) is 0 Å². The molecule has 0 spiro atoms. The van der Waals surface area contributed by atoms with Gasteiger partial charge in [-0.3, -0.25) is 42.5 Å². The molecule has 0 atom stereocenters. The zero-order valence-corrected chi connectivity index (χ0v) is 47.7. The zero-order valence-electron chi connectivity index (χ0n) is 47.7. The molecular weight excluding hydrogens is 1010 g/mol. The quantitative estimate of drug-likeness (QED) is 0.0297. The summed E-state index contributed by atoms with van der Waals surface area (Å²) in [5, 5.41) is 8.05. The maximum atomic E-state index is 15.6. The first-order valence-electron chi connectivity index (χ1n) is 30.7. The average Bonchev–Trinajstić information content (AvgIpc) is 2.05. The van der Waals surface area contributed by atoms with Crippen LogP contribution in [0.4, 0.5) is 0 Å². The molecular formula is C70H75N3O8. The van der Waals surface area contributed by atoms with E-state index in [0.717, 1.165) is 136 Å². The number of hydrogen-bond acceptors (Lipinski definition) is 8. The molecule has 0 saturated carbocycles. The lowest BCUT2D eigenvalue weighted by Gasteiger charge is -2.24. The van der Waals surface area contributed by atoms with Crippen LogP contribution in [0.5, 0.6) is 0 Å². The van der Waals surface area contributed by atoms with Crippen LogP contribution in [0.3, 0.4) is 0 Å². The third-order valence-corrected chi connectivity index (χ3v) is 18.3. The summed E-state index contributed by atoms with van der Waals surface area (Å²) in [7, 11) is 0. The molecule has 0 bridgehead atoms. The van der Waals surface area contributed by atoms with Crippen LogP contribution in [0, 0.1) is 0 Å². The number of nitrogens with zero attached hydrogens (tertiary/aromatic N) is 3. The lowest BCUT2D eigenvalue weighted by Crippen LogP contribution is -2.37. The Kier molecular flexibility index (Phi) is 15.5. The Balaban J connectivity index is 1.11. The molecule has 0 amide bonds. The molecule has 12 rings (SSSR count). The highest BCUT2D eigenvalue weighted by molar-refractivity contribution is 6.48. The van der Waals surface area contributed by atoms with Crippen molar-refractivity contribution in [3.05, 3.63) is 158 Å². The van der Waals surface area contributed by atoms with Crippen LogP contribution < -0.4 is 33.4 Å². The SMILES string of the molecule is CCCCCCC(CCCCCC)n1c(=O)c2ccc3c4ccc5c(=O)n(C(CCCCCC)CCCCCC)c(=O)c6cc7c8c(=O)n(Cc9ccc(-c%10ccc(C%11OCCO%11)cc%10)cc9)c(=O)c8c8cc(c1=O)c2c3c8c7c4c56. The molecule has 3 aromatic heterocycles. The van der Waals surface area contributed by atoms with Crippen molar-refractivity contribution < 1.29 is 9.47 Å². The average molecular weight is 1090 g/mol. The summed E-state index contributed by atoms with van der Waals surface area (Å²) in [5.74, 6) is 0. The predicted molar refractivity (Wildman–Crippen MR) is 333 cm³/mol. The van der Waals surface area contributed by atoms with Crippen molar-refractivity contribution in [2.45, 2.75) is 181 Å². The fourth-order valence-corrected chi connectivity index (χ4v) is 14.2. The van der Waals surface area contributed by atoms with Crippen LogP contribution in [0.15, 0.2) is 114 Å². The summed E-state index contributed by atoms with van der Waals surface area (Å²) in [4.78, 5) is 92.8. The van der Waals surface area contributed by atoms with E-state index in [0.29, 0.717) is 104 Å². The summed E-state index contributed by atoms with van der Waals surface area (Å²) >= 11 is 0. The van der Waals surface area contributed by atoms with E-state index in [1.807, 2.05) is 72.8 Å². The Morgan fingerprint density at radius 1 is 0.370 bits per heavy atom. The van der Waals surface area contributed by atoms with Crippen LogP contribution in [-0.4, -0.2) is 26.9 Å². The van der Waals surface area contributed by atoms with Gasteiger partial charge in [-0.15, -0.1) is 0 Å². The number of aromatic nitrogens is 3. The number of hydrogen-bond donors (Lipinski definition) is 0. The predicted octanol–water partition coefficient (Wildman–Crippen LogP) is 15.4. The Labute approximate surface area is 470 Å². The minimum absolute atomic E-state index is 0.0194. The molecule has 0 N–H and O–H groups in total. The van der Waals surface area contributed by atoms with Crippen molar-refractivity contribution in [1.29, 1.82) is 0 Å². The lowest BCUT2D eigenvalue weighted by atomic mass is 9.81. The van der Waals surface area contributed by atoms with E-state index < -0.39 is 11.1 Å². The van der Waals surface area contributed by atoms with Crippen LogP contribution in [-0.2, 0) is 16.0 Å². The first-order chi connectivity index (χ1) is 39.6. The molecule has 418 valence electrons. The molecule has 1 aliphatic heterocycles. The molecule has 0 unspecified atom stereocenters. The van der Waals surface area contributed by atoms with Gasteiger partial charge in [-0.25, -0.2) is 0 Å². The number of fused-ring (bicyclic) bond motifs is 4. The van der Waals surface area contributed by atoms with Gasteiger partial charge in [0.1, 0.15) is 0 Å². The maximum Gasteiger partial charge on any atom is 0.262 e. The molecule has 4 heterocycles. The van der Waals surface area contributed by atoms with E-state index >= 15 is 28.8 Å². The third-order valence-electron chi connectivity index (χ3n) is 18.3. The second-order valence-electron chi connectivity index (χ2n) is 23.5. The molecule has 1 aliphatic rings. The van der Waals surface area contributed by atoms with Crippen molar-refractivity contribution in [2.75, 3.05) is 13.2 Å². The van der Waals surface area contributed by atoms with E-state index in [4.69, 9.17) is 9.47 Å². The normalized spacial score (nSPS) is 13.8. The van der Waals surface area contributed by atoms with Gasteiger partial charge < -0.3 is 9.47 Å². The fourth-order valence-electron chi connectivity index (χ4n) is 14.2. The summed E-state index contributed by atoms with van der Waals surface area (Å²) in [6.45, 7) is 9.81. The Morgan fingerprint density at radius 3 is 1.12 bits per heavy atom. The van der Waals surface area contributed by atoms with Gasteiger partial charge in [-0.1, -0.05) is 191 Å².